The molecule has 1 fully saturated rings. The average molecular weight is 436 g/mol. The molecule has 1 saturated heterocycles. The second-order valence-corrected chi connectivity index (χ2v) is 8.33. The molecule has 3 aromatic rings. The number of ether oxygens (including phenoxy) is 1. The van der Waals surface area contributed by atoms with Gasteiger partial charge in [-0.2, -0.15) is 0 Å². The first kappa shape index (κ1) is 18.2. The molecule has 150 valence electrons. The van der Waals surface area contributed by atoms with Crippen LogP contribution in [0.5, 0.6) is 5.75 Å². The molecule has 5 heterocycles. The maximum absolute atomic E-state index is 12.6. The lowest BCUT2D eigenvalue weighted by atomic mass is 10.1. The summed E-state index contributed by atoms with van der Waals surface area (Å²) in [6.07, 6.45) is 4.24. The Morgan fingerprint density at radius 1 is 1.38 bits per heavy atom. The van der Waals surface area contributed by atoms with Crippen LogP contribution in [0.4, 0.5) is 0 Å². The maximum atomic E-state index is 12.6. The van der Waals surface area contributed by atoms with E-state index in [0.717, 1.165) is 0 Å². The van der Waals surface area contributed by atoms with E-state index in [0.29, 0.717) is 28.1 Å². The van der Waals surface area contributed by atoms with Gasteiger partial charge in [-0.1, -0.05) is 22.9 Å². The van der Waals surface area contributed by atoms with E-state index in [1.807, 2.05) is 0 Å². The first-order chi connectivity index (χ1) is 13.9. The molecule has 2 N–H and O–H groups in total. The maximum Gasteiger partial charge on any atom is 0.276 e. The lowest BCUT2D eigenvalue weighted by Gasteiger charge is -2.31. The number of aromatic nitrogens is 3. The van der Waals surface area contributed by atoms with E-state index in [2.05, 4.69) is 10.3 Å². The molecular weight excluding hydrogens is 422 g/mol. The fourth-order valence-electron chi connectivity index (χ4n) is 3.56. The number of hydrogen-bond acceptors (Lipinski definition) is 7. The van der Waals surface area contributed by atoms with Crippen LogP contribution in [0.25, 0.3) is 4.96 Å². The number of fused-ring (bicyclic) bond motifs is 3. The highest BCUT2D eigenvalue weighted by atomic mass is 35.5. The van der Waals surface area contributed by atoms with Crippen LogP contribution < -0.4 is 10.7 Å². The minimum Gasteiger partial charge on any atom is -0.503 e. The molecule has 0 aliphatic carbocycles. The highest BCUT2D eigenvalue weighted by molar-refractivity contribution is 7.20. The number of thiazole rings is 1. The van der Waals surface area contributed by atoms with Gasteiger partial charge >= 0.3 is 0 Å². The van der Waals surface area contributed by atoms with Crippen LogP contribution in [0.1, 0.15) is 26.5 Å². The average Bonchev–Trinajstić information content (AvgIpc) is 3.37. The Morgan fingerprint density at radius 3 is 3.00 bits per heavy atom. The standard InChI is InChI=1S/C17H14ClN5O5S/c18-10-6-22-4-8(20-17(22)29-10)3-19-15(26)9-5-21-7-11-23(1-2-28-11)16(27)12(21)14(25)13(9)24/h4-6,11,25H,1-3,7H2,(H,19,26). The molecular formula is C17H14ClN5O5S. The molecule has 5 rings (SSSR count). The summed E-state index contributed by atoms with van der Waals surface area (Å²) in [5.41, 5.74) is -0.680. The largest absolute Gasteiger partial charge is 0.503 e. The minimum atomic E-state index is -0.890. The molecule has 2 aliphatic heterocycles. The van der Waals surface area contributed by atoms with E-state index in [9.17, 15) is 19.5 Å². The Labute approximate surface area is 171 Å². The smallest absolute Gasteiger partial charge is 0.276 e. The summed E-state index contributed by atoms with van der Waals surface area (Å²) >= 11 is 7.21. The van der Waals surface area contributed by atoms with Crippen molar-refractivity contribution in [2.24, 2.45) is 0 Å². The normalized spacial score (nSPS) is 18.2. The summed E-state index contributed by atoms with van der Waals surface area (Å²) in [5.74, 6) is -1.89. The number of nitrogens with one attached hydrogen (secondary N) is 1. The fourth-order valence-corrected chi connectivity index (χ4v) is 4.58. The lowest BCUT2D eigenvalue weighted by molar-refractivity contribution is 0.00845. The van der Waals surface area contributed by atoms with Crippen LogP contribution >= 0.6 is 22.9 Å². The fraction of sp³-hybridized carbons (Fsp3) is 0.294. The van der Waals surface area contributed by atoms with Gasteiger partial charge in [0.25, 0.3) is 11.8 Å². The summed E-state index contributed by atoms with van der Waals surface area (Å²) in [6, 6.07) is 0. The molecule has 0 spiro atoms. The van der Waals surface area contributed by atoms with Crippen LogP contribution in [0.15, 0.2) is 23.4 Å². The monoisotopic (exact) mass is 435 g/mol. The Balaban J connectivity index is 1.41. The van der Waals surface area contributed by atoms with Gasteiger partial charge in [-0.25, -0.2) is 4.98 Å². The lowest BCUT2D eigenvalue weighted by Crippen LogP contribution is -2.46. The molecule has 2 aliphatic rings. The van der Waals surface area contributed by atoms with Crippen LogP contribution in [-0.4, -0.2) is 55.2 Å². The van der Waals surface area contributed by atoms with Gasteiger partial charge < -0.3 is 24.6 Å². The summed E-state index contributed by atoms with van der Waals surface area (Å²) < 4.78 is 9.23. The predicted molar refractivity (Wildman–Crippen MR) is 102 cm³/mol. The van der Waals surface area contributed by atoms with Gasteiger partial charge in [0.05, 0.1) is 25.4 Å². The topological polar surface area (TPSA) is 118 Å². The number of halogens is 1. The van der Waals surface area contributed by atoms with Crippen LogP contribution in [-0.2, 0) is 17.8 Å². The molecule has 0 bridgehead atoms. The minimum absolute atomic E-state index is 0.0885. The van der Waals surface area contributed by atoms with E-state index in [1.54, 1.807) is 16.8 Å². The highest BCUT2D eigenvalue weighted by Gasteiger charge is 2.39. The third-order valence-electron chi connectivity index (χ3n) is 4.91. The van der Waals surface area contributed by atoms with E-state index in [-0.39, 0.29) is 24.3 Å². The number of amides is 2. The first-order valence-corrected chi connectivity index (χ1v) is 9.92. The molecule has 1 unspecified atom stereocenters. The van der Waals surface area contributed by atoms with Crippen LogP contribution in [0.2, 0.25) is 4.34 Å². The molecule has 2 amide bonds. The van der Waals surface area contributed by atoms with E-state index in [4.69, 9.17) is 16.3 Å². The van der Waals surface area contributed by atoms with Gasteiger partial charge in [0.1, 0.15) is 9.90 Å². The van der Waals surface area contributed by atoms with E-state index < -0.39 is 29.2 Å². The molecule has 3 aromatic heterocycles. The number of imidazole rings is 1. The Morgan fingerprint density at radius 2 is 2.21 bits per heavy atom. The van der Waals surface area contributed by atoms with Gasteiger partial charge in [-0.3, -0.25) is 18.8 Å². The summed E-state index contributed by atoms with van der Waals surface area (Å²) in [6.45, 7) is 1.10. The predicted octanol–water partition coefficient (Wildman–Crippen LogP) is 0.659. The van der Waals surface area contributed by atoms with Crippen molar-refractivity contribution in [2.75, 3.05) is 13.2 Å². The van der Waals surface area contributed by atoms with Crippen molar-refractivity contribution in [3.05, 3.63) is 50.1 Å². The van der Waals surface area contributed by atoms with Crippen molar-refractivity contribution in [1.82, 2.24) is 24.2 Å². The van der Waals surface area contributed by atoms with Gasteiger partial charge in [0.2, 0.25) is 5.43 Å². The van der Waals surface area contributed by atoms with Gasteiger partial charge in [0, 0.05) is 25.1 Å². The third kappa shape index (κ3) is 2.89. The molecule has 1 atom stereocenters. The second kappa shape index (κ2) is 6.58. The Hall–Kier alpha value is -2.89. The van der Waals surface area contributed by atoms with Gasteiger partial charge in [0.15, 0.2) is 22.6 Å². The SMILES string of the molecule is O=C(NCc1cn2cc(Cl)sc2n1)c1cn2c(c(O)c1=O)C(=O)N1CCOC1C2. The molecule has 0 aromatic carbocycles. The molecule has 0 saturated carbocycles. The molecule has 0 radical (unpaired) electrons. The van der Waals surface area contributed by atoms with E-state index in [1.165, 1.54) is 27.0 Å². The van der Waals surface area contributed by atoms with Crippen molar-refractivity contribution >= 4 is 39.7 Å². The number of pyridine rings is 1. The number of rotatable bonds is 3. The van der Waals surface area contributed by atoms with Crippen LogP contribution in [0, 0.1) is 0 Å². The van der Waals surface area contributed by atoms with Gasteiger partial charge in [-0.15, -0.1) is 0 Å². The molecule has 12 heteroatoms. The summed E-state index contributed by atoms with van der Waals surface area (Å²) in [7, 11) is 0. The molecule has 10 nitrogen and oxygen atoms in total. The van der Waals surface area contributed by atoms with E-state index >= 15 is 0 Å². The summed E-state index contributed by atoms with van der Waals surface area (Å²) in [4.78, 5) is 44.1. The highest BCUT2D eigenvalue weighted by Crippen LogP contribution is 2.26. The zero-order valence-electron chi connectivity index (χ0n) is 14.8. The zero-order chi connectivity index (χ0) is 20.3. The van der Waals surface area contributed by atoms with Crippen molar-refractivity contribution in [3.63, 3.8) is 0 Å². The third-order valence-corrected chi connectivity index (χ3v) is 6.03. The van der Waals surface area contributed by atoms with Crippen molar-refractivity contribution in [1.29, 1.82) is 0 Å². The van der Waals surface area contributed by atoms with Crippen LogP contribution in [0.3, 0.4) is 0 Å². The van der Waals surface area contributed by atoms with Crippen molar-refractivity contribution in [3.8, 4) is 5.75 Å². The van der Waals surface area contributed by atoms with Crippen molar-refractivity contribution in [2.45, 2.75) is 19.3 Å². The molecule has 29 heavy (non-hydrogen) atoms. The van der Waals surface area contributed by atoms with Gasteiger partial charge in [-0.05, 0) is 0 Å². The van der Waals surface area contributed by atoms with Crippen molar-refractivity contribution < 1.29 is 19.4 Å². The quantitative estimate of drug-likeness (QED) is 0.624. The zero-order valence-corrected chi connectivity index (χ0v) is 16.4. The number of aromatic hydroxyl groups is 1. The number of nitrogens with zero attached hydrogens (tertiary/aromatic N) is 4. The number of hydrogen-bond donors (Lipinski definition) is 2. The Kier molecular flexibility index (Phi) is 4.12. The number of carbonyl (C=O) groups excluding carboxylic acids is 2. The second-order valence-electron chi connectivity index (χ2n) is 6.69. The first-order valence-electron chi connectivity index (χ1n) is 8.72. The summed E-state index contributed by atoms with van der Waals surface area (Å²) in [5, 5.41) is 12.9. The Bertz CT molecular complexity index is 1200. The number of carbonyl (C=O) groups is 2.